The Balaban J connectivity index is 2.86. The summed E-state index contributed by atoms with van der Waals surface area (Å²) in [6, 6.07) is 8.53. The zero-order valence-corrected chi connectivity index (χ0v) is 12.7. The van der Waals surface area contributed by atoms with Crippen molar-refractivity contribution in [3.05, 3.63) is 29.8 Å². The molecule has 0 aromatic heterocycles. The van der Waals surface area contributed by atoms with Crippen molar-refractivity contribution in [3.63, 3.8) is 0 Å². The highest BCUT2D eigenvalue weighted by Gasteiger charge is 2.21. The fraction of sp³-hybridized carbons (Fsp3) is 0.500. The van der Waals surface area contributed by atoms with E-state index in [0.717, 1.165) is 0 Å². The van der Waals surface area contributed by atoms with E-state index in [1.165, 1.54) is 4.31 Å². The Hall–Kier alpha value is -1.54. The first-order valence-electron chi connectivity index (χ1n) is 6.12. The minimum absolute atomic E-state index is 0.0153. The van der Waals surface area contributed by atoms with Crippen molar-refractivity contribution in [2.45, 2.75) is 27.2 Å². The second-order valence-corrected chi connectivity index (χ2v) is 7.87. The molecule has 1 rings (SSSR count). The molecule has 0 aliphatic rings. The van der Waals surface area contributed by atoms with Crippen LogP contribution in [0.3, 0.4) is 0 Å². The van der Waals surface area contributed by atoms with Crippen LogP contribution < -0.4 is 4.31 Å². The van der Waals surface area contributed by atoms with Crippen molar-refractivity contribution in [2.75, 3.05) is 17.1 Å². The number of rotatable bonds is 4. The molecule has 0 saturated heterocycles. The highest BCUT2D eigenvalue weighted by Crippen LogP contribution is 2.22. The standard InChI is InChI=1S/C14H20N2O2S/c1-14(2,3)9-10-19(17,18)16(4)13-7-5-12(11-15)6-8-13/h5-8H,9-10H2,1-4H3. The fourth-order valence-corrected chi connectivity index (χ4v) is 3.07. The van der Waals surface area contributed by atoms with Gasteiger partial charge in [0.1, 0.15) is 0 Å². The third-order valence-corrected chi connectivity index (χ3v) is 4.65. The van der Waals surface area contributed by atoms with Crippen LogP contribution in [0.5, 0.6) is 0 Å². The van der Waals surface area contributed by atoms with Gasteiger partial charge in [-0.1, -0.05) is 20.8 Å². The van der Waals surface area contributed by atoms with Crippen LogP contribution in [0.25, 0.3) is 0 Å². The number of benzene rings is 1. The molecule has 0 N–H and O–H groups in total. The predicted octanol–water partition coefficient (Wildman–Crippen LogP) is 2.76. The molecule has 1 aromatic carbocycles. The summed E-state index contributed by atoms with van der Waals surface area (Å²) in [6.45, 7) is 6.05. The van der Waals surface area contributed by atoms with Crippen molar-refractivity contribution >= 4 is 15.7 Å². The van der Waals surface area contributed by atoms with E-state index in [2.05, 4.69) is 0 Å². The number of nitriles is 1. The Bertz CT molecular complexity index is 563. The van der Waals surface area contributed by atoms with Crippen LogP contribution in [-0.4, -0.2) is 21.2 Å². The zero-order valence-electron chi connectivity index (χ0n) is 11.8. The van der Waals surface area contributed by atoms with Crippen molar-refractivity contribution in [1.82, 2.24) is 0 Å². The molecule has 0 aliphatic carbocycles. The van der Waals surface area contributed by atoms with Crippen LogP contribution in [-0.2, 0) is 10.0 Å². The second kappa shape index (κ2) is 5.62. The zero-order chi connectivity index (χ0) is 14.7. The SMILES string of the molecule is CN(c1ccc(C#N)cc1)S(=O)(=O)CCC(C)(C)C. The maximum absolute atomic E-state index is 12.2. The van der Waals surface area contributed by atoms with Gasteiger partial charge in [-0.3, -0.25) is 4.31 Å². The molecule has 0 radical (unpaired) electrons. The van der Waals surface area contributed by atoms with Gasteiger partial charge in [-0.2, -0.15) is 5.26 Å². The molecule has 19 heavy (non-hydrogen) atoms. The fourth-order valence-electron chi connectivity index (χ4n) is 1.48. The number of sulfonamides is 1. The van der Waals surface area contributed by atoms with Gasteiger partial charge in [0, 0.05) is 7.05 Å². The molecule has 1 aromatic rings. The van der Waals surface area contributed by atoms with E-state index >= 15 is 0 Å². The summed E-state index contributed by atoms with van der Waals surface area (Å²) < 4.78 is 25.7. The molecule has 0 saturated carbocycles. The van der Waals surface area contributed by atoms with Crippen LogP contribution in [0.4, 0.5) is 5.69 Å². The lowest BCUT2D eigenvalue weighted by molar-refractivity contribution is 0.397. The highest BCUT2D eigenvalue weighted by molar-refractivity contribution is 7.92. The van der Waals surface area contributed by atoms with Gasteiger partial charge in [0.2, 0.25) is 10.0 Å². The Morgan fingerprint density at radius 1 is 1.21 bits per heavy atom. The summed E-state index contributed by atoms with van der Waals surface area (Å²) in [5, 5.41) is 8.72. The lowest BCUT2D eigenvalue weighted by Gasteiger charge is -2.23. The van der Waals surface area contributed by atoms with Crippen molar-refractivity contribution < 1.29 is 8.42 Å². The van der Waals surface area contributed by atoms with E-state index in [1.54, 1.807) is 31.3 Å². The van der Waals surface area contributed by atoms with Crippen LogP contribution in [0.2, 0.25) is 0 Å². The molecule has 0 aliphatic heterocycles. The topological polar surface area (TPSA) is 61.2 Å². The third kappa shape index (κ3) is 4.56. The molecule has 104 valence electrons. The molecule has 5 heteroatoms. The van der Waals surface area contributed by atoms with Gasteiger partial charge < -0.3 is 0 Å². The lowest BCUT2D eigenvalue weighted by Crippen LogP contribution is -2.30. The summed E-state index contributed by atoms with van der Waals surface area (Å²) in [6.07, 6.45) is 0.607. The average molecular weight is 280 g/mol. The van der Waals surface area contributed by atoms with E-state index in [9.17, 15) is 8.42 Å². The molecule has 0 amide bonds. The van der Waals surface area contributed by atoms with E-state index < -0.39 is 10.0 Å². The van der Waals surface area contributed by atoms with E-state index in [4.69, 9.17) is 5.26 Å². The summed E-state index contributed by atoms with van der Waals surface area (Å²) in [5.74, 6) is 0.118. The molecule has 0 fully saturated rings. The minimum atomic E-state index is -3.32. The van der Waals surface area contributed by atoms with Gasteiger partial charge in [-0.15, -0.1) is 0 Å². The Morgan fingerprint density at radius 3 is 2.16 bits per heavy atom. The molecular weight excluding hydrogens is 260 g/mol. The Morgan fingerprint density at radius 2 is 1.74 bits per heavy atom. The summed E-state index contributed by atoms with van der Waals surface area (Å²) in [4.78, 5) is 0. The van der Waals surface area contributed by atoms with Crippen LogP contribution in [0.15, 0.2) is 24.3 Å². The minimum Gasteiger partial charge on any atom is -0.273 e. The maximum Gasteiger partial charge on any atom is 0.234 e. The van der Waals surface area contributed by atoms with Crippen molar-refractivity contribution in [2.24, 2.45) is 5.41 Å². The molecule has 4 nitrogen and oxygen atoms in total. The molecule has 0 spiro atoms. The van der Waals surface area contributed by atoms with Crippen LogP contribution in [0, 0.1) is 16.7 Å². The number of hydrogen-bond acceptors (Lipinski definition) is 3. The summed E-state index contributed by atoms with van der Waals surface area (Å²) >= 11 is 0. The van der Waals surface area contributed by atoms with Gasteiger partial charge in [0.15, 0.2) is 0 Å². The molecule has 0 atom stereocenters. The van der Waals surface area contributed by atoms with Gasteiger partial charge in [0.25, 0.3) is 0 Å². The summed E-state index contributed by atoms with van der Waals surface area (Å²) in [5.41, 5.74) is 1.08. The molecular formula is C14H20N2O2S. The predicted molar refractivity (Wildman–Crippen MR) is 77.4 cm³/mol. The highest BCUT2D eigenvalue weighted by atomic mass is 32.2. The Labute approximate surface area is 115 Å². The Kier molecular flexibility index (Phi) is 4.59. The first-order chi connectivity index (χ1) is 8.65. The van der Waals surface area contributed by atoms with E-state index in [-0.39, 0.29) is 11.2 Å². The van der Waals surface area contributed by atoms with Crippen molar-refractivity contribution in [1.29, 1.82) is 5.26 Å². The molecule has 0 heterocycles. The van der Waals surface area contributed by atoms with Gasteiger partial charge in [0.05, 0.1) is 23.1 Å². The smallest absolute Gasteiger partial charge is 0.234 e. The molecule has 0 unspecified atom stereocenters. The second-order valence-electron chi connectivity index (χ2n) is 5.75. The van der Waals surface area contributed by atoms with Crippen LogP contribution >= 0.6 is 0 Å². The van der Waals surface area contributed by atoms with Gasteiger partial charge >= 0.3 is 0 Å². The largest absolute Gasteiger partial charge is 0.273 e. The van der Waals surface area contributed by atoms with Crippen molar-refractivity contribution in [3.8, 4) is 6.07 Å². The average Bonchev–Trinajstić information content (AvgIpc) is 2.35. The first kappa shape index (κ1) is 15.5. The van der Waals surface area contributed by atoms with Crippen LogP contribution in [0.1, 0.15) is 32.8 Å². The van der Waals surface area contributed by atoms with Gasteiger partial charge in [-0.05, 0) is 36.1 Å². The van der Waals surface area contributed by atoms with E-state index in [1.807, 2.05) is 26.8 Å². The number of hydrogen-bond donors (Lipinski definition) is 0. The van der Waals surface area contributed by atoms with E-state index in [0.29, 0.717) is 17.7 Å². The number of anilines is 1. The van der Waals surface area contributed by atoms with Gasteiger partial charge in [-0.25, -0.2) is 8.42 Å². The normalized spacial score (nSPS) is 11.9. The lowest BCUT2D eigenvalue weighted by atomic mass is 9.94. The summed E-state index contributed by atoms with van der Waals surface area (Å²) in [7, 11) is -1.77. The quantitative estimate of drug-likeness (QED) is 0.852. The third-order valence-electron chi connectivity index (χ3n) is 2.89. The monoisotopic (exact) mass is 280 g/mol. The first-order valence-corrected chi connectivity index (χ1v) is 7.73. The maximum atomic E-state index is 12.2. The molecule has 0 bridgehead atoms. The number of nitrogens with zero attached hydrogens (tertiary/aromatic N) is 2.